The molecule has 0 aromatic carbocycles. The molecule has 2 nitrogen and oxygen atoms in total. The van der Waals surface area contributed by atoms with E-state index in [2.05, 4.69) is 38.8 Å². The highest BCUT2D eigenvalue weighted by Crippen LogP contribution is 2.31. The highest BCUT2D eigenvalue weighted by molar-refractivity contribution is 7.07. The van der Waals surface area contributed by atoms with Crippen LogP contribution in [0.5, 0.6) is 0 Å². The molecule has 0 N–H and O–H groups in total. The zero-order valence-electron chi connectivity index (χ0n) is 10.5. The molecule has 2 aromatic heterocycles. The predicted molar refractivity (Wildman–Crippen MR) is 75.6 cm³/mol. The van der Waals surface area contributed by atoms with Crippen LogP contribution in [0, 0.1) is 0 Å². The number of hydrogen-bond acceptors (Lipinski definition) is 3. The minimum atomic E-state index is 0.500. The van der Waals surface area contributed by atoms with Gasteiger partial charge in [0.2, 0.25) is 0 Å². The molecule has 1 aliphatic rings. The average molecular weight is 258 g/mol. The summed E-state index contributed by atoms with van der Waals surface area (Å²) in [6, 6.07) is 8.99. The standard InChI is InChI=1S/C15H18N2S/c1-3-8-16-14(5-1)15-6-2-4-9-17(15)11-13-7-10-18-12-13/h1,3,5,7-8,10,12,15H,2,4,6,9,11H2/t15-/m0/s1. The van der Waals surface area contributed by atoms with Gasteiger partial charge in [-0.05, 0) is 53.9 Å². The van der Waals surface area contributed by atoms with Gasteiger partial charge in [0.1, 0.15) is 0 Å². The maximum atomic E-state index is 4.54. The molecule has 0 bridgehead atoms. The van der Waals surface area contributed by atoms with E-state index in [9.17, 15) is 0 Å². The van der Waals surface area contributed by atoms with Gasteiger partial charge in [-0.3, -0.25) is 9.88 Å². The van der Waals surface area contributed by atoms with Crippen molar-refractivity contribution in [3.63, 3.8) is 0 Å². The van der Waals surface area contributed by atoms with Gasteiger partial charge in [-0.1, -0.05) is 12.5 Å². The molecule has 1 fully saturated rings. The van der Waals surface area contributed by atoms with E-state index in [1.807, 2.05) is 12.3 Å². The maximum Gasteiger partial charge on any atom is 0.0575 e. The van der Waals surface area contributed by atoms with Crippen molar-refractivity contribution in [2.45, 2.75) is 31.8 Å². The monoisotopic (exact) mass is 258 g/mol. The first-order chi connectivity index (χ1) is 8.93. The summed E-state index contributed by atoms with van der Waals surface area (Å²) in [5, 5.41) is 4.42. The molecule has 94 valence electrons. The lowest BCUT2D eigenvalue weighted by Gasteiger charge is -2.35. The van der Waals surface area contributed by atoms with Crippen molar-refractivity contribution in [3.05, 3.63) is 52.5 Å². The van der Waals surface area contributed by atoms with E-state index in [4.69, 9.17) is 0 Å². The fraction of sp³-hybridized carbons (Fsp3) is 0.400. The molecule has 0 unspecified atom stereocenters. The zero-order chi connectivity index (χ0) is 12.2. The molecular formula is C15H18N2S. The first-order valence-electron chi connectivity index (χ1n) is 6.59. The largest absolute Gasteiger partial charge is 0.290 e. The second-order valence-corrected chi connectivity index (χ2v) is 5.65. The maximum absolute atomic E-state index is 4.54. The van der Waals surface area contributed by atoms with Crippen molar-refractivity contribution in [3.8, 4) is 0 Å². The third-order valence-corrected chi connectivity index (χ3v) is 4.34. The van der Waals surface area contributed by atoms with Crippen LogP contribution in [0.4, 0.5) is 0 Å². The van der Waals surface area contributed by atoms with E-state index in [1.54, 1.807) is 11.3 Å². The Morgan fingerprint density at radius 1 is 1.28 bits per heavy atom. The Balaban J connectivity index is 1.78. The van der Waals surface area contributed by atoms with E-state index in [1.165, 1.54) is 37.1 Å². The lowest BCUT2D eigenvalue weighted by molar-refractivity contribution is 0.137. The lowest BCUT2D eigenvalue weighted by atomic mass is 9.98. The third kappa shape index (κ3) is 2.62. The summed E-state index contributed by atoms with van der Waals surface area (Å²) >= 11 is 1.78. The molecule has 1 atom stereocenters. The normalized spacial score (nSPS) is 21.0. The molecule has 18 heavy (non-hydrogen) atoms. The van der Waals surface area contributed by atoms with Gasteiger partial charge >= 0.3 is 0 Å². The summed E-state index contributed by atoms with van der Waals surface area (Å²) in [7, 11) is 0. The fourth-order valence-electron chi connectivity index (χ4n) is 2.71. The van der Waals surface area contributed by atoms with Gasteiger partial charge in [0.25, 0.3) is 0 Å². The van der Waals surface area contributed by atoms with E-state index in [0.717, 1.165) is 6.54 Å². The number of hydrogen-bond donors (Lipinski definition) is 0. The highest BCUT2D eigenvalue weighted by Gasteiger charge is 2.24. The molecule has 0 spiro atoms. The molecule has 3 rings (SSSR count). The van der Waals surface area contributed by atoms with E-state index in [-0.39, 0.29) is 0 Å². The van der Waals surface area contributed by atoms with Crippen LogP contribution in [-0.2, 0) is 6.54 Å². The molecule has 0 radical (unpaired) electrons. The Kier molecular flexibility index (Phi) is 3.72. The Labute approximate surface area is 112 Å². The van der Waals surface area contributed by atoms with Crippen LogP contribution in [0.2, 0.25) is 0 Å². The second-order valence-electron chi connectivity index (χ2n) is 4.87. The van der Waals surface area contributed by atoms with Crippen LogP contribution in [0.15, 0.2) is 41.2 Å². The van der Waals surface area contributed by atoms with E-state index in [0.29, 0.717) is 6.04 Å². The average Bonchev–Trinajstić information content (AvgIpc) is 2.93. The number of thiophene rings is 1. The van der Waals surface area contributed by atoms with Crippen molar-refractivity contribution >= 4 is 11.3 Å². The van der Waals surface area contributed by atoms with Crippen molar-refractivity contribution in [1.82, 2.24) is 9.88 Å². The topological polar surface area (TPSA) is 16.1 Å². The summed E-state index contributed by atoms with van der Waals surface area (Å²) in [4.78, 5) is 7.12. The van der Waals surface area contributed by atoms with Crippen LogP contribution in [0.25, 0.3) is 0 Å². The highest BCUT2D eigenvalue weighted by atomic mass is 32.1. The molecule has 3 heterocycles. The summed E-state index contributed by atoms with van der Waals surface area (Å²) in [6.07, 6.45) is 5.78. The second kappa shape index (κ2) is 5.63. The van der Waals surface area contributed by atoms with Crippen molar-refractivity contribution in [2.75, 3.05) is 6.54 Å². The van der Waals surface area contributed by atoms with Crippen LogP contribution in [0.3, 0.4) is 0 Å². The predicted octanol–water partition coefficient (Wildman–Crippen LogP) is 3.87. The fourth-order valence-corrected chi connectivity index (χ4v) is 3.37. The SMILES string of the molecule is c1ccc([C@@H]2CCCCN2Cc2ccsc2)nc1. The minimum Gasteiger partial charge on any atom is -0.290 e. The smallest absolute Gasteiger partial charge is 0.0575 e. The molecule has 0 amide bonds. The van der Waals surface area contributed by atoms with E-state index >= 15 is 0 Å². The Bertz CT molecular complexity index is 467. The number of piperidine rings is 1. The molecule has 2 aromatic rings. The van der Waals surface area contributed by atoms with Gasteiger partial charge in [0.05, 0.1) is 11.7 Å². The van der Waals surface area contributed by atoms with Gasteiger partial charge in [-0.15, -0.1) is 0 Å². The number of pyridine rings is 1. The summed E-state index contributed by atoms with van der Waals surface area (Å²) in [5.41, 5.74) is 2.66. The molecule has 3 heteroatoms. The van der Waals surface area contributed by atoms with Crippen molar-refractivity contribution < 1.29 is 0 Å². The van der Waals surface area contributed by atoms with Gasteiger partial charge in [-0.25, -0.2) is 0 Å². The molecular weight excluding hydrogens is 240 g/mol. The van der Waals surface area contributed by atoms with E-state index < -0.39 is 0 Å². The van der Waals surface area contributed by atoms with Crippen LogP contribution < -0.4 is 0 Å². The van der Waals surface area contributed by atoms with Crippen molar-refractivity contribution in [1.29, 1.82) is 0 Å². The Morgan fingerprint density at radius 2 is 2.28 bits per heavy atom. The first kappa shape index (κ1) is 11.9. The van der Waals surface area contributed by atoms with Gasteiger partial charge in [0, 0.05) is 12.7 Å². The van der Waals surface area contributed by atoms with Gasteiger partial charge < -0.3 is 0 Å². The summed E-state index contributed by atoms with van der Waals surface area (Å²) in [5.74, 6) is 0. The quantitative estimate of drug-likeness (QED) is 0.831. The van der Waals surface area contributed by atoms with Crippen LogP contribution in [-0.4, -0.2) is 16.4 Å². The molecule has 1 aliphatic heterocycles. The van der Waals surface area contributed by atoms with Gasteiger partial charge in [0.15, 0.2) is 0 Å². The van der Waals surface area contributed by atoms with Crippen molar-refractivity contribution in [2.24, 2.45) is 0 Å². The number of aromatic nitrogens is 1. The number of nitrogens with zero attached hydrogens (tertiary/aromatic N) is 2. The van der Waals surface area contributed by atoms with Crippen LogP contribution >= 0.6 is 11.3 Å². The lowest BCUT2D eigenvalue weighted by Crippen LogP contribution is -2.33. The zero-order valence-corrected chi connectivity index (χ0v) is 11.3. The summed E-state index contributed by atoms with van der Waals surface area (Å²) in [6.45, 7) is 2.25. The Morgan fingerprint density at radius 3 is 3.06 bits per heavy atom. The van der Waals surface area contributed by atoms with Crippen LogP contribution in [0.1, 0.15) is 36.6 Å². The number of likely N-dealkylation sites (tertiary alicyclic amines) is 1. The van der Waals surface area contributed by atoms with Gasteiger partial charge in [-0.2, -0.15) is 11.3 Å². The summed E-state index contributed by atoms with van der Waals surface area (Å²) < 4.78 is 0. The number of rotatable bonds is 3. The first-order valence-corrected chi connectivity index (χ1v) is 7.54. The minimum absolute atomic E-state index is 0.500. The Hall–Kier alpha value is -1.19. The molecule has 0 saturated carbocycles. The molecule has 1 saturated heterocycles. The third-order valence-electron chi connectivity index (χ3n) is 3.61. The molecule has 0 aliphatic carbocycles.